The Morgan fingerprint density at radius 2 is 2.12 bits per heavy atom. The van der Waals surface area contributed by atoms with Gasteiger partial charge in [-0.1, -0.05) is 0 Å². The van der Waals surface area contributed by atoms with Crippen molar-refractivity contribution in [3.63, 3.8) is 0 Å². The van der Waals surface area contributed by atoms with Crippen LogP contribution in [0.3, 0.4) is 0 Å². The summed E-state index contributed by atoms with van der Waals surface area (Å²) in [6.07, 6.45) is 0.855. The molecular formula is C12H15NO3. The predicted octanol–water partition coefficient (Wildman–Crippen LogP) is 1.25. The van der Waals surface area contributed by atoms with Gasteiger partial charge >= 0.3 is 0 Å². The number of ether oxygens (including phenoxy) is 1. The Labute approximate surface area is 94.4 Å². The van der Waals surface area contributed by atoms with E-state index >= 15 is 0 Å². The predicted molar refractivity (Wildman–Crippen MR) is 59.3 cm³/mol. The molecule has 0 aliphatic carbocycles. The van der Waals surface area contributed by atoms with Crippen LogP contribution < -0.4 is 4.74 Å². The molecule has 1 unspecified atom stereocenters. The summed E-state index contributed by atoms with van der Waals surface area (Å²) in [6.45, 7) is 1.22. The number of carbonyl (C=O) groups is 1. The van der Waals surface area contributed by atoms with Crippen LogP contribution in [-0.2, 0) is 4.79 Å². The number of amides is 1. The fraction of sp³-hybridized carbons (Fsp3) is 0.417. The minimum atomic E-state index is -0.0289. The lowest BCUT2D eigenvalue weighted by Crippen LogP contribution is -2.25. The molecule has 0 spiro atoms. The molecule has 1 saturated heterocycles. The third-order valence-electron chi connectivity index (χ3n) is 2.83. The number of likely N-dealkylation sites (tertiary alicyclic amines) is 1. The Kier molecular flexibility index (Phi) is 2.99. The van der Waals surface area contributed by atoms with Gasteiger partial charge in [-0.2, -0.15) is 0 Å². The molecule has 86 valence electrons. The smallest absolute Gasteiger partial charge is 0.228 e. The highest BCUT2D eigenvalue weighted by molar-refractivity contribution is 5.80. The van der Waals surface area contributed by atoms with E-state index in [1.807, 2.05) is 7.05 Å². The van der Waals surface area contributed by atoms with Crippen molar-refractivity contribution in [2.75, 3.05) is 20.2 Å². The summed E-state index contributed by atoms with van der Waals surface area (Å²) in [5.74, 6) is 1.02. The van der Waals surface area contributed by atoms with E-state index in [0.717, 1.165) is 13.0 Å². The van der Waals surface area contributed by atoms with E-state index < -0.39 is 0 Å². The second kappa shape index (κ2) is 4.43. The van der Waals surface area contributed by atoms with E-state index in [4.69, 9.17) is 9.84 Å². The lowest BCUT2D eigenvalue weighted by Gasteiger charge is -2.11. The third kappa shape index (κ3) is 2.27. The Bertz CT molecular complexity index is 374. The van der Waals surface area contributed by atoms with E-state index in [1.165, 1.54) is 0 Å². The van der Waals surface area contributed by atoms with E-state index in [-0.39, 0.29) is 17.6 Å². The van der Waals surface area contributed by atoms with Gasteiger partial charge in [0.25, 0.3) is 0 Å². The summed E-state index contributed by atoms with van der Waals surface area (Å²) in [6, 6.07) is 6.52. The van der Waals surface area contributed by atoms with Gasteiger partial charge in [-0.3, -0.25) is 4.79 Å². The Morgan fingerprint density at radius 3 is 2.69 bits per heavy atom. The number of benzene rings is 1. The molecule has 1 fully saturated rings. The fourth-order valence-electron chi connectivity index (χ4n) is 1.79. The van der Waals surface area contributed by atoms with Crippen LogP contribution in [0.5, 0.6) is 11.5 Å². The fourth-order valence-corrected chi connectivity index (χ4v) is 1.79. The quantitative estimate of drug-likeness (QED) is 0.835. The van der Waals surface area contributed by atoms with Crippen molar-refractivity contribution in [1.29, 1.82) is 0 Å². The molecule has 0 bridgehead atoms. The molecule has 16 heavy (non-hydrogen) atoms. The van der Waals surface area contributed by atoms with Crippen molar-refractivity contribution in [3.8, 4) is 11.5 Å². The number of rotatable bonds is 3. The van der Waals surface area contributed by atoms with Gasteiger partial charge in [0, 0.05) is 13.6 Å². The molecular weight excluding hydrogens is 206 g/mol. The third-order valence-corrected chi connectivity index (χ3v) is 2.83. The molecule has 0 radical (unpaired) electrons. The van der Waals surface area contributed by atoms with Crippen LogP contribution in [-0.4, -0.2) is 36.1 Å². The molecule has 1 N–H and O–H groups in total. The summed E-state index contributed by atoms with van der Waals surface area (Å²) in [4.78, 5) is 13.3. The molecule has 1 heterocycles. The SMILES string of the molecule is CN1CCC(COc2ccc(O)cc2)C1=O. The van der Waals surface area contributed by atoms with Gasteiger partial charge in [-0.15, -0.1) is 0 Å². The molecule has 1 aromatic carbocycles. The molecule has 1 aromatic rings. The number of hydrogen-bond acceptors (Lipinski definition) is 3. The minimum absolute atomic E-state index is 0.0289. The van der Waals surface area contributed by atoms with E-state index in [9.17, 15) is 4.79 Å². The first kappa shape index (κ1) is 10.8. The maximum absolute atomic E-state index is 11.6. The molecule has 4 heteroatoms. The number of hydrogen-bond donors (Lipinski definition) is 1. The van der Waals surface area contributed by atoms with E-state index in [1.54, 1.807) is 29.2 Å². The zero-order valence-corrected chi connectivity index (χ0v) is 9.22. The van der Waals surface area contributed by atoms with E-state index in [2.05, 4.69) is 0 Å². The largest absolute Gasteiger partial charge is 0.508 e. The van der Waals surface area contributed by atoms with Gasteiger partial charge in [-0.25, -0.2) is 0 Å². The lowest BCUT2D eigenvalue weighted by atomic mass is 10.1. The Hall–Kier alpha value is -1.71. The topological polar surface area (TPSA) is 49.8 Å². The van der Waals surface area contributed by atoms with Crippen LogP contribution in [0.1, 0.15) is 6.42 Å². The summed E-state index contributed by atoms with van der Waals surface area (Å²) in [5, 5.41) is 9.10. The van der Waals surface area contributed by atoms with Crippen molar-refractivity contribution in [1.82, 2.24) is 4.90 Å². The number of nitrogens with zero attached hydrogens (tertiary/aromatic N) is 1. The Morgan fingerprint density at radius 1 is 1.44 bits per heavy atom. The summed E-state index contributed by atoms with van der Waals surface area (Å²) < 4.78 is 5.51. The standard InChI is InChI=1S/C12H15NO3/c1-13-7-6-9(12(13)15)8-16-11-4-2-10(14)3-5-11/h2-5,9,14H,6-8H2,1H3. The summed E-state index contributed by atoms with van der Waals surface area (Å²) >= 11 is 0. The molecule has 0 saturated carbocycles. The van der Waals surface area contributed by atoms with Crippen molar-refractivity contribution >= 4 is 5.91 Å². The first-order chi connectivity index (χ1) is 7.66. The molecule has 1 aliphatic heterocycles. The van der Waals surface area contributed by atoms with Gasteiger partial charge in [0.2, 0.25) is 5.91 Å². The average molecular weight is 221 g/mol. The van der Waals surface area contributed by atoms with Crippen molar-refractivity contribution in [2.45, 2.75) is 6.42 Å². The molecule has 1 atom stereocenters. The van der Waals surface area contributed by atoms with Crippen LogP contribution in [0, 0.1) is 5.92 Å². The van der Waals surface area contributed by atoms with Gasteiger partial charge in [0.1, 0.15) is 11.5 Å². The second-order valence-corrected chi connectivity index (χ2v) is 4.05. The zero-order chi connectivity index (χ0) is 11.5. The molecule has 1 aliphatic rings. The van der Waals surface area contributed by atoms with Crippen molar-refractivity contribution in [3.05, 3.63) is 24.3 Å². The summed E-state index contributed by atoms with van der Waals surface area (Å²) in [5.41, 5.74) is 0. The van der Waals surface area contributed by atoms with E-state index in [0.29, 0.717) is 12.4 Å². The lowest BCUT2D eigenvalue weighted by molar-refractivity contribution is -0.130. The van der Waals surface area contributed by atoms with Gasteiger partial charge < -0.3 is 14.7 Å². The number of aromatic hydroxyl groups is 1. The number of phenolic OH excluding ortho intramolecular Hbond substituents is 1. The zero-order valence-electron chi connectivity index (χ0n) is 9.22. The second-order valence-electron chi connectivity index (χ2n) is 4.05. The van der Waals surface area contributed by atoms with Crippen molar-refractivity contribution < 1.29 is 14.6 Å². The van der Waals surface area contributed by atoms with Crippen LogP contribution in [0.2, 0.25) is 0 Å². The minimum Gasteiger partial charge on any atom is -0.508 e. The maximum atomic E-state index is 11.6. The van der Waals surface area contributed by atoms with Crippen LogP contribution in [0.25, 0.3) is 0 Å². The maximum Gasteiger partial charge on any atom is 0.228 e. The van der Waals surface area contributed by atoms with Gasteiger partial charge in [-0.05, 0) is 30.7 Å². The first-order valence-corrected chi connectivity index (χ1v) is 5.33. The molecule has 4 nitrogen and oxygen atoms in total. The molecule has 0 aromatic heterocycles. The number of carbonyl (C=O) groups excluding carboxylic acids is 1. The Balaban J connectivity index is 1.88. The monoisotopic (exact) mass is 221 g/mol. The average Bonchev–Trinajstić information content (AvgIpc) is 2.60. The molecule has 2 rings (SSSR count). The highest BCUT2D eigenvalue weighted by Crippen LogP contribution is 2.20. The normalized spacial score (nSPS) is 20.2. The van der Waals surface area contributed by atoms with Crippen LogP contribution >= 0.6 is 0 Å². The highest BCUT2D eigenvalue weighted by Gasteiger charge is 2.29. The molecule has 1 amide bonds. The van der Waals surface area contributed by atoms with Gasteiger partial charge in [0.15, 0.2) is 0 Å². The summed E-state index contributed by atoms with van der Waals surface area (Å²) in [7, 11) is 1.81. The number of phenols is 1. The van der Waals surface area contributed by atoms with Gasteiger partial charge in [0.05, 0.1) is 12.5 Å². The van der Waals surface area contributed by atoms with Crippen LogP contribution in [0.15, 0.2) is 24.3 Å². The van der Waals surface area contributed by atoms with Crippen molar-refractivity contribution in [2.24, 2.45) is 5.92 Å². The van der Waals surface area contributed by atoms with Crippen LogP contribution in [0.4, 0.5) is 0 Å². The first-order valence-electron chi connectivity index (χ1n) is 5.33. The highest BCUT2D eigenvalue weighted by atomic mass is 16.5.